The van der Waals surface area contributed by atoms with E-state index in [9.17, 15) is 4.79 Å². The molecule has 0 radical (unpaired) electrons. The Kier molecular flexibility index (Phi) is 9.84. The van der Waals surface area contributed by atoms with Crippen molar-refractivity contribution in [2.75, 3.05) is 20.2 Å². The predicted molar refractivity (Wildman–Crippen MR) is 115 cm³/mol. The summed E-state index contributed by atoms with van der Waals surface area (Å²) in [5.74, 6) is 1.66. The zero-order valence-electron chi connectivity index (χ0n) is 17.9. The van der Waals surface area contributed by atoms with Gasteiger partial charge in [-0.15, -0.1) is 0 Å². The first-order valence-electron chi connectivity index (χ1n) is 9.75. The van der Waals surface area contributed by atoms with Gasteiger partial charge in [-0.2, -0.15) is 0 Å². The Balaban J connectivity index is 0.000000527. The molecule has 0 aromatic rings. The summed E-state index contributed by atoms with van der Waals surface area (Å²) in [4.78, 5) is 17.6. The number of carbonyl (C=O) groups is 1. The number of amides is 1. The van der Waals surface area contributed by atoms with Crippen molar-refractivity contribution in [2.24, 2.45) is 16.0 Å². The summed E-state index contributed by atoms with van der Waals surface area (Å²) in [7, 11) is 1.71. The topological polar surface area (TPSA) is 80.0 Å². The molecule has 0 aromatic carbocycles. The van der Waals surface area contributed by atoms with E-state index >= 15 is 0 Å². The molecule has 7 heteroatoms. The number of likely N-dealkylation sites (tertiary alicyclic amines) is 1. The molecule has 0 aliphatic carbocycles. The van der Waals surface area contributed by atoms with Gasteiger partial charge in [-0.1, -0.05) is 6.08 Å². The molecule has 0 aromatic heterocycles. The summed E-state index contributed by atoms with van der Waals surface area (Å²) in [6.07, 6.45) is 8.39. The lowest BCUT2D eigenvalue weighted by Gasteiger charge is -2.27. The number of carbonyl (C=O) groups excluding carboxylic acids is 1. The lowest BCUT2D eigenvalue weighted by atomic mass is 9.93. The highest BCUT2D eigenvalue weighted by Crippen LogP contribution is 2.33. The third-order valence-electron chi connectivity index (χ3n) is 4.94. The second-order valence-corrected chi connectivity index (χ2v) is 9.45. The SMILES string of the molecule is CC1(C)CC(CCCN=C2CCC=C(SN)N2)CN1C=O.COC(C)(C)C. The molecule has 1 unspecified atom stereocenters. The molecule has 0 bridgehead atoms. The molecule has 6 nitrogen and oxygen atoms in total. The van der Waals surface area contributed by atoms with Crippen LogP contribution in [0.15, 0.2) is 16.1 Å². The van der Waals surface area contributed by atoms with Crippen LogP contribution in [0.25, 0.3) is 0 Å². The molecule has 1 saturated heterocycles. The summed E-state index contributed by atoms with van der Waals surface area (Å²) in [6, 6.07) is 0. The van der Waals surface area contributed by atoms with Gasteiger partial charge < -0.3 is 15.0 Å². The van der Waals surface area contributed by atoms with E-state index in [2.05, 4.69) is 30.2 Å². The quantitative estimate of drug-likeness (QED) is 0.405. The molecule has 3 N–H and O–H groups in total. The number of allylic oxidation sites excluding steroid dienone is 1. The molecule has 1 amide bonds. The third kappa shape index (κ3) is 9.12. The lowest BCUT2D eigenvalue weighted by molar-refractivity contribution is -0.120. The number of ether oxygens (including phenoxy) is 1. The predicted octanol–water partition coefficient (Wildman–Crippen LogP) is 3.69. The van der Waals surface area contributed by atoms with E-state index in [0.29, 0.717) is 5.92 Å². The van der Waals surface area contributed by atoms with E-state index in [1.165, 1.54) is 11.9 Å². The van der Waals surface area contributed by atoms with Crippen LogP contribution in [0.5, 0.6) is 0 Å². The van der Waals surface area contributed by atoms with Crippen molar-refractivity contribution in [3.63, 3.8) is 0 Å². The van der Waals surface area contributed by atoms with Crippen LogP contribution in [0.2, 0.25) is 0 Å². The van der Waals surface area contributed by atoms with E-state index in [1.807, 2.05) is 25.7 Å². The van der Waals surface area contributed by atoms with E-state index in [-0.39, 0.29) is 11.1 Å². The van der Waals surface area contributed by atoms with Crippen molar-refractivity contribution < 1.29 is 9.53 Å². The summed E-state index contributed by atoms with van der Waals surface area (Å²) in [5.41, 5.74) is 0.0568. The zero-order valence-corrected chi connectivity index (χ0v) is 18.7. The van der Waals surface area contributed by atoms with Crippen LogP contribution in [0, 0.1) is 5.92 Å². The van der Waals surface area contributed by atoms with Crippen molar-refractivity contribution in [3.05, 3.63) is 11.1 Å². The Morgan fingerprint density at radius 1 is 1.48 bits per heavy atom. The maximum absolute atomic E-state index is 11.0. The van der Waals surface area contributed by atoms with Crippen LogP contribution in [0.4, 0.5) is 0 Å². The number of methoxy groups -OCH3 is 1. The third-order valence-corrected chi connectivity index (χ3v) is 5.46. The Morgan fingerprint density at radius 2 is 2.15 bits per heavy atom. The molecule has 2 aliphatic heterocycles. The van der Waals surface area contributed by atoms with Crippen molar-refractivity contribution in [1.82, 2.24) is 10.2 Å². The van der Waals surface area contributed by atoms with Crippen LogP contribution in [-0.2, 0) is 9.53 Å². The minimum absolute atomic E-state index is 0.0152. The van der Waals surface area contributed by atoms with Crippen LogP contribution >= 0.6 is 11.9 Å². The van der Waals surface area contributed by atoms with Crippen molar-refractivity contribution >= 4 is 24.2 Å². The van der Waals surface area contributed by atoms with E-state index in [1.54, 1.807) is 7.11 Å². The van der Waals surface area contributed by atoms with Gasteiger partial charge in [0.1, 0.15) is 5.84 Å². The van der Waals surface area contributed by atoms with Gasteiger partial charge in [-0.3, -0.25) is 14.9 Å². The average Bonchev–Trinajstić information content (AvgIpc) is 2.92. The van der Waals surface area contributed by atoms with Crippen LogP contribution < -0.4 is 10.5 Å². The molecule has 0 spiro atoms. The molecular formula is C20H38N4O2S. The molecule has 1 atom stereocenters. The van der Waals surface area contributed by atoms with E-state index in [4.69, 9.17) is 9.88 Å². The summed E-state index contributed by atoms with van der Waals surface area (Å²) < 4.78 is 4.94. The molecule has 2 aliphatic rings. The highest BCUT2D eigenvalue weighted by molar-refractivity contribution is 8.00. The smallest absolute Gasteiger partial charge is 0.210 e. The van der Waals surface area contributed by atoms with Crippen molar-refractivity contribution in [1.29, 1.82) is 0 Å². The number of amidine groups is 1. The van der Waals surface area contributed by atoms with Gasteiger partial charge in [0.25, 0.3) is 0 Å². The van der Waals surface area contributed by atoms with E-state index in [0.717, 1.165) is 62.5 Å². The molecule has 2 rings (SSSR count). The number of nitrogens with one attached hydrogen (secondary N) is 1. The zero-order chi connectivity index (χ0) is 20.5. The number of nitrogens with zero attached hydrogens (tertiary/aromatic N) is 2. The first-order valence-corrected chi connectivity index (χ1v) is 10.6. The first-order chi connectivity index (χ1) is 12.6. The van der Waals surface area contributed by atoms with Gasteiger partial charge in [0, 0.05) is 32.2 Å². The normalized spacial score (nSPS) is 23.4. The van der Waals surface area contributed by atoms with Gasteiger partial charge in [-0.25, -0.2) is 0 Å². The van der Waals surface area contributed by atoms with E-state index < -0.39 is 0 Å². The number of nitrogens with two attached hydrogens (primary N) is 1. The Morgan fingerprint density at radius 3 is 2.67 bits per heavy atom. The fourth-order valence-electron chi connectivity index (χ4n) is 3.18. The van der Waals surface area contributed by atoms with Crippen LogP contribution in [-0.4, -0.2) is 48.5 Å². The minimum Gasteiger partial charge on any atom is -0.379 e. The molecule has 27 heavy (non-hydrogen) atoms. The maximum atomic E-state index is 11.0. The Bertz CT molecular complexity index is 527. The number of aliphatic imine (C=N–C) groups is 1. The van der Waals surface area contributed by atoms with Crippen molar-refractivity contribution in [3.8, 4) is 0 Å². The Hall–Kier alpha value is -1.05. The fourth-order valence-corrected chi connectivity index (χ4v) is 3.57. The molecule has 1 fully saturated rings. The highest BCUT2D eigenvalue weighted by Gasteiger charge is 2.36. The van der Waals surface area contributed by atoms with Gasteiger partial charge in [0.05, 0.1) is 10.6 Å². The standard InChI is InChI=1S/C15H26N4OS.C5H12O/c1-15(2)9-12(10-19(15)11-20)5-4-8-17-13-6-3-7-14(18-13)21-16;1-5(2,3)6-4/h7,11-12H,3-6,8-10,16H2,1-2H3,(H,17,18);1-4H3. The molecule has 156 valence electrons. The van der Waals surface area contributed by atoms with Gasteiger partial charge in [-0.05, 0) is 78.2 Å². The van der Waals surface area contributed by atoms with Gasteiger partial charge >= 0.3 is 0 Å². The van der Waals surface area contributed by atoms with Crippen molar-refractivity contribution in [2.45, 2.75) is 77.9 Å². The highest BCUT2D eigenvalue weighted by atomic mass is 32.2. The van der Waals surface area contributed by atoms with Crippen LogP contribution in [0.1, 0.15) is 66.7 Å². The summed E-state index contributed by atoms with van der Waals surface area (Å²) in [5, 5.41) is 9.81. The molecule has 2 heterocycles. The minimum atomic E-state index is 0.0152. The average molecular weight is 399 g/mol. The second kappa shape index (κ2) is 11.1. The maximum Gasteiger partial charge on any atom is 0.210 e. The Labute approximate surface area is 169 Å². The second-order valence-electron chi connectivity index (χ2n) is 8.78. The molecule has 0 saturated carbocycles. The number of rotatable bonds is 6. The monoisotopic (exact) mass is 398 g/mol. The van der Waals surface area contributed by atoms with Gasteiger partial charge in [0.15, 0.2) is 0 Å². The molecular weight excluding hydrogens is 360 g/mol. The van der Waals surface area contributed by atoms with Crippen LogP contribution in [0.3, 0.4) is 0 Å². The summed E-state index contributed by atoms with van der Waals surface area (Å²) >= 11 is 1.24. The number of hydrogen-bond acceptors (Lipinski definition) is 5. The largest absolute Gasteiger partial charge is 0.379 e. The first kappa shape index (κ1) is 24.0. The number of hydrogen-bond donors (Lipinski definition) is 2. The summed E-state index contributed by atoms with van der Waals surface area (Å²) in [6.45, 7) is 12.1. The fraction of sp³-hybridized carbons (Fsp3) is 0.800. The lowest BCUT2D eigenvalue weighted by Crippen LogP contribution is -2.36. The van der Waals surface area contributed by atoms with Gasteiger partial charge in [0.2, 0.25) is 6.41 Å².